The lowest BCUT2D eigenvalue weighted by atomic mass is 10.1. The van der Waals surface area contributed by atoms with Crippen LogP contribution in [0.2, 0.25) is 5.02 Å². The highest BCUT2D eigenvalue weighted by Crippen LogP contribution is 2.31. The second kappa shape index (κ2) is 8.32. The van der Waals surface area contributed by atoms with Gasteiger partial charge in [-0.2, -0.15) is 0 Å². The van der Waals surface area contributed by atoms with Crippen LogP contribution in [0.25, 0.3) is 0 Å². The fraction of sp³-hybridized carbons (Fsp3) is 0.200. The van der Waals surface area contributed by atoms with Crippen molar-refractivity contribution in [3.8, 4) is 5.75 Å². The summed E-state index contributed by atoms with van der Waals surface area (Å²) >= 11 is 6.04. The third kappa shape index (κ3) is 4.07. The average Bonchev–Trinajstić information content (AvgIpc) is 2.94. The molecule has 0 radical (unpaired) electrons. The number of carboxylic acids is 1. The van der Waals surface area contributed by atoms with Crippen LogP contribution < -0.4 is 10.1 Å². The molecular weight excluding hydrogens is 400 g/mol. The Hall–Kier alpha value is -3.39. The molecule has 1 aliphatic rings. The molecule has 0 fully saturated rings. The third-order valence-corrected chi connectivity index (χ3v) is 4.77. The van der Waals surface area contributed by atoms with Crippen LogP contribution in [-0.4, -0.2) is 47.4 Å². The van der Waals surface area contributed by atoms with Gasteiger partial charge in [-0.3, -0.25) is 19.3 Å². The highest BCUT2D eigenvalue weighted by Gasteiger charge is 2.34. The molecule has 1 heterocycles. The summed E-state index contributed by atoms with van der Waals surface area (Å²) in [6.45, 7) is 0.106. The Balaban J connectivity index is 1.59. The number of halogens is 1. The zero-order valence-corrected chi connectivity index (χ0v) is 16.2. The van der Waals surface area contributed by atoms with E-state index in [-0.39, 0.29) is 53.2 Å². The number of anilines is 1. The van der Waals surface area contributed by atoms with Gasteiger partial charge in [0.15, 0.2) is 0 Å². The van der Waals surface area contributed by atoms with E-state index in [0.29, 0.717) is 11.1 Å². The number of rotatable bonds is 7. The zero-order chi connectivity index (χ0) is 21.1. The zero-order valence-electron chi connectivity index (χ0n) is 15.4. The summed E-state index contributed by atoms with van der Waals surface area (Å²) in [5.41, 5.74) is 0.805. The summed E-state index contributed by atoms with van der Waals surface area (Å²) in [5.74, 6) is -2.29. The van der Waals surface area contributed by atoms with Crippen molar-refractivity contribution in [1.29, 1.82) is 0 Å². The molecule has 1 aliphatic heterocycles. The maximum atomic E-state index is 12.3. The van der Waals surface area contributed by atoms with E-state index in [1.54, 1.807) is 24.3 Å². The number of hydrogen-bond donors (Lipinski definition) is 2. The van der Waals surface area contributed by atoms with Crippen molar-refractivity contribution in [3.05, 3.63) is 58.1 Å². The fourth-order valence-corrected chi connectivity index (χ4v) is 3.25. The van der Waals surface area contributed by atoms with Gasteiger partial charge in [-0.1, -0.05) is 23.7 Å². The van der Waals surface area contributed by atoms with Crippen molar-refractivity contribution in [2.24, 2.45) is 0 Å². The molecule has 3 amide bonds. The molecule has 3 rings (SSSR count). The van der Waals surface area contributed by atoms with Crippen LogP contribution in [0.3, 0.4) is 0 Å². The van der Waals surface area contributed by atoms with Gasteiger partial charge in [-0.25, -0.2) is 4.79 Å². The number of imide groups is 1. The van der Waals surface area contributed by atoms with Crippen LogP contribution >= 0.6 is 11.6 Å². The number of amides is 3. The van der Waals surface area contributed by atoms with E-state index < -0.39 is 11.9 Å². The summed E-state index contributed by atoms with van der Waals surface area (Å²) in [7, 11) is 1.31. The van der Waals surface area contributed by atoms with Crippen LogP contribution in [0.15, 0.2) is 36.4 Å². The number of nitrogens with one attached hydrogen (secondary N) is 1. The standard InChI is InChI=1S/C20H17ClN2O6/c1-29-16-10-15(14(21)9-13(16)20(27)28)22-17(24)7-4-8-23-18(25)11-5-2-3-6-12(11)19(23)26/h2-3,5-6,9-10H,4,7-8H2,1H3,(H,22,24)(H,27,28). The quantitative estimate of drug-likeness (QED) is 0.670. The Bertz CT molecular complexity index is 985. The third-order valence-electron chi connectivity index (χ3n) is 4.46. The van der Waals surface area contributed by atoms with Crippen LogP contribution in [-0.2, 0) is 4.79 Å². The topological polar surface area (TPSA) is 113 Å². The number of carbonyl (C=O) groups excluding carboxylic acids is 3. The number of hydrogen-bond acceptors (Lipinski definition) is 5. The minimum absolute atomic E-state index is 0.0345. The van der Waals surface area contributed by atoms with E-state index in [9.17, 15) is 19.2 Å². The van der Waals surface area contributed by atoms with Crippen molar-refractivity contribution in [3.63, 3.8) is 0 Å². The molecule has 0 unspecified atom stereocenters. The van der Waals surface area contributed by atoms with Crippen molar-refractivity contribution in [2.45, 2.75) is 12.8 Å². The number of fused-ring (bicyclic) bond motifs is 1. The number of benzene rings is 2. The number of nitrogens with zero attached hydrogens (tertiary/aromatic N) is 1. The second-order valence-electron chi connectivity index (χ2n) is 6.30. The Kier molecular flexibility index (Phi) is 5.84. The molecule has 29 heavy (non-hydrogen) atoms. The largest absolute Gasteiger partial charge is 0.496 e. The smallest absolute Gasteiger partial charge is 0.339 e. The van der Waals surface area contributed by atoms with Crippen molar-refractivity contribution in [2.75, 3.05) is 19.0 Å². The highest BCUT2D eigenvalue weighted by atomic mass is 35.5. The Labute approximate surface area is 171 Å². The van der Waals surface area contributed by atoms with Gasteiger partial charge in [0, 0.05) is 19.0 Å². The summed E-state index contributed by atoms with van der Waals surface area (Å²) in [5, 5.41) is 11.8. The number of carbonyl (C=O) groups is 4. The minimum atomic E-state index is -1.21. The van der Waals surface area contributed by atoms with Gasteiger partial charge in [0.1, 0.15) is 11.3 Å². The lowest BCUT2D eigenvalue weighted by molar-refractivity contribution is -0.116. The van der Waals surface area contributed by atoms with E-state index in [0.717, 1.165) is 4.90 Å². The maximum absolute atomic E-state index is 12.3. The normalized spacial score (nSPS) is 12.7. The first-order valence-electron chi connectivity index (χ1n) is 8.69. The molecule has 2 aromatic carbocycles. The summed E-state index contributed by atoms with van der Waals surface area (Å²) < 4.78 is 5.01. The Morgan fingerprint density at radius 1 is 1.14 bits per heavy atom. The van der Waals surface area contributed by atoms with Gasteiger partial charge in [0.25, 0.3) is 11.8 Å². The van der Waals surface area contributed by atoms with Gasteiger partial charge in [0.05, 0.1) is 28.9 Å². The van der Waals surface area contributed by atoms with Gasteiger partial charge in [-0.05, 0) is 24.6 Å². The van der Waals surface area contributed by atoms with Crippen molar-refractivity contribution < 1.29 is 29.0 Å². The number of aromatic carboxylic acids is 1. The Morgan fingerprint density at radius 2 is 1.76 bits per heavy atom. The van der Waals surface area contributed by atoms with Gasteiger partial charge < -0.3 is 15.2 Å². The molecule has 0 saturated carbocycles. The molecule has 0 saturated heterocycles. The summed E-state index contributed by atoms with van der Waals surface area (Å²) in [4.78, 5) is 49.1. The molecule has 2 aromatic rings. The SMILES string of the molecule is COc1cc(NC(=O)CCCN2C(=O)c3ccccc3C2=O)c(Cl)cc1C(=O)O. The molecule has 0 spiro atoms. The monoisotopic (exact) mass is 416 g/mol. The molecule has 0 atom stereocenters. The molecule has 9 heteroatoms. The molecule has 150 valence electrons. The average molecular weight is 417 g/mol. The number of carboxylic acid groups (broad SMARTS) is 1. The number of methoxy groups -OCH3 is 1. The molecular formula is C20H17ClN2O6. The van der Waals surface area contributed by atoms with Crippen LogP contribution in [0.4, 0.5) is 5.69 Å². The first kappa shape index (κ1) is 20.3. The van der Waals surface area contributed by atoms with Crippen molar-refractivity contribution >= 4 is 41.0 Å². The summed E-state index contributed by atoms with van der Waals surface area (Å²) in [6.07, 6.45) is 0.298. The van der Waals surface area contributed by atoms with Crippen molar-refractivity contribution in [1.82, 2.24) is 4.90 Å². The van der Waals surface area contributed by atoms with Gasteiger partial charge >= 0.3 is 5.97 Å². The predicted molar refractivity (Wildman–Crippen MR) is 105 cm³/mol. The molecule has 0 aliphatic carbocycles. The van der Waals surface area contributed by atoms with E-state index in [1.165, 1.54) is 19.2 Å². The van der Waals surface area contributed by atoms with Gasteiger partial charge in [0.2, 0.25) is 5.91 Å². The van der Waals surface area contributed by atoms with E-state index in [1.807, 2.05) is 0 Å². The van der Waals surface area contributed by atoms with Crippen LogP contribution in [0.1, 0.15) is 43.9 Å². The summed E-state index contributed by atoms with van der Waals surface area (Å²) in [6, 6.07) is 9.09. The van der Waals surface area contributed by atoms with Crippen LogP contribution in [0.5, 0.6) is 5.75 Å². The number of ether oxygens (including phenoxy) is 1. The highest BCUT2D eigenvalue weighted by molar-refractivity contribution is 6.34. The Morgan fingerprint density at radius 3 is 2.31 bits per heavy atom. The first-order valence-corrected chi connectivity index (χ1v) is 9.07. The van der Waals surface area contributed by atoms with E-state index in [4.69, 9.17) is 21.4 Å². The van der Waals surface area contributed by atoms with E-state index in [2.05, 4.69) is 5.32 Å². The lowest BCUT2D eigenvalue weighted by Gasteiger charge is -2.14. The first-order chi connectivity index (χ1) is 13.8. The second-order valence-corrected chi connectivity index (χ2v) is 6.70. The van der Waals surface area contributed by atoms with E-state index >= 15 is 0 Å². The molecule has 2 N–H and O–H groups in total. The predicted octanol–water partition coefficient (Wildman–Crippen LogP) is 3.06. The van der Waals surface area contributed by atoms with Crippen LogP contribution in [0, 0.1) is 0 Å². The molecule has 8 nitrogen and oxygen atoms in total. The molecule has 0 aromatic heterocycles. The minimum Gasteiger partial charge on any atom is -0.496 e. The maximum Gasteiger partial charge on any atom is 0.339 e. The molecule has 0 bridgehead atoms. The lowest BCUT2D eigenvalue weighted by Crippen LogP contribution is -2.31. The van der Waals surface area contributed by atoms with Gasteiger partial charge in [-0.15, -0.1) is 0 Å². The fourth-order valence-electron chi connectivity index (χ4n) is 3.04.